The first-order chi connectivity index (χ1) is 11.6. The molecule has 0 fully saturated rings. The van der Waals surface area contributed by atoms with Gasteiger partial charge in [0.15, 0.2) is 0 Å². The molecule has 0 atom stereocenters. The molecule has 0 unspecified atom stereocenters. The Bertz CT molecular complexity index is 659. The van der Waals surface area contributed by atoms with Gasteiger partial charge in [-0.25, -0.2) is 0 Å². The van der Waals surface area contributed by atoms with E-state index >= 15 is 0 Å². The number of likely N-dealkylation sites (N-methyl/N-ethyl adjacent to an activating group) is 1. The summed E-state index contributed by atoms with van der Waals surface area (Å²) in [4.78, 5) is 32.0. The number of benzene rings is 1. The molecule has 1 aromatic carbocycles. The largest absolute Gasteiger partial charge is 0.337 e. The minimum Gasteiger partial charge on any atom is -0.337 e. The van der Waals surface area contributed by atoms with Crippen LogP contribution in [0.15, 0.2) is 54.7 Å². The van der Waals surface area contributed by atoms with Crippen molar-refractivity contribution in [2.75, 3.05) is 13.1 Å². The van der Waals surface area contributed by atoms with Crippen molar-refractivity contribution in [3.05, 3.63) is 66.0 Å². The van der Waals surface area contributed by atoms with Crippen LogP contribution >= 0.6 is 0 Å². The lowest BCUT2D eigenvalue weighted by Gasteiger charge is -2.26. The average molecular weight is 325 g/mol. The number of nitrogens with zero attached hydrogens (tertiary/aromatic N) is 3. The maximum Gasteiger partial charge on any atom is 0.242 e. The lowest BCUT2D eigenvalue weighted by molar-refractivity contribution is -0.140. The second kappa shape index (κ2) is 8.82. The maximum atomic E-state index is 12.6. The van der Waals surface area contributed by atoms with E-state index in [9.17, 15) is 9.59 Å². The predicted octanol–water partition coefficient (Wildman–Crippen LogP) is 2.48. The first-order valence-electron chi connectivity index (χ1n) is 8.07. The van der Waals surface area contributed by atoms with Crippen molar-refractivity contribution in [1.29, 1.82) is 0 Å². The zero-order valence-electron chi connectivity index (χ0n) is 14.2. The lowest BCUT2D eigenvalue weighted by atomic mass is 10.2. The molecular weight excluding hydrogens is 302 g/mol. The molecule has 0 radical (unpaired) electrons. The zero-order valence-corrected chi connectivity index (χ0v) is 14.2. The smallest absolute Gasteiger partial charge is 0.242 e. The fourth-order valence-electron chi connectivity index (χ4n) is 2.41. The number of carbonyl (C=O) groups excluding carboxylic acids is 2. The molecule has 0 aliphatic carbocycles. The predicted molar refractivity (Wildman–Crippen MR) is 92.9 cm³/mol. The molecule has 0 N–H and O–H groups in total. The van der Waals surface area contributed by atoms with Crippen LogP contribution < -0.4 is 0 Å². The van der Waals surface area contributed by atoms with Crippen LogP contribution in [-0.4, -0.2) is 39.7 Å². The summed E-state index contributed by atoms with van der Waals surface area (Å²) in [6, 6.07) is 15.4. The third-order valence-corrected chi connectivity index (χ3v) is 3.80. The van der Waals surface area contributed by atoms with E-state index in [0.717, 1.165) is 11.3 Å². The summed E-state index contributed by atoms with van der Waals surface area (Å²) < 4.78 is 0. The molecule has 1 aromatic heterocycles. The molecule has 2 rings (SSSR count). The molecule has 0 aliphatic heterocycles. The van der Waals surface area contributed by atoms with E-state index in [1.807, 2.05) is 55.5 Å². The topological polar surface area (TPSA) is 53.5 Å². The van der Waals surface area contributed by atoms with Crippen LogP contribution in [0.2, 0.25) is 0 Å². The molecule has 0 bridgehead atoms. The van der Waals surface area contributed by atoms with Crippen LogP contribution in [0.25, 0.3) is 0 Å². The fourth-order valence-corrected chi connectivity index (χ4v) is 2.41. The average Bonchev–Trinajstić information content (AvgIpc) is 2.60. The van der Waals surface area contributed by atoms with E-state index in [2.05, 4.69) is 4.98 Å². The Kier molecular flexibility index (Phi) is 6.49. The van der Waals surface area contributed by atoms with E-state index < -0.39 is 0 Å². The quantitative estimate of drug-likeness (QED) is 0.786. The third kappa shape index (κ3) is 5.19. The maximum absolute atomic E-state index is 12.6. The highest BCUT2D eigenvalue weighted by molar-refractivity contribution is 5.83. The molecule has 126 valence electrons. The summed E-state index contributed by atoms with van der Waals surface area (Å²) in [5, 5.41) is 0. The Morgan fingerprint density at radius 2 is 1.67 bits per heavy atom. The highest BCUT2D eigenvalue weighted by Crippen LogP contribution is 2.07. The number of hydrogen-bond donors (Lipinski definition) is 0. The van der Waals surface area contributed by atoms with Gasteiger partial charge in [0, 0.05) is 26.2 Å². The van der Waals surface area contributed by atoms with Crippen molar-refractivity contribution >= 4 is 11.8 Å². The molecule has 0 saturated carbocycles. The number of hydrogen-bond acceptors (Lipinski definition) is 3. The van der Waals surface area contributed by atoms with Crippen molar-refractivity contribution < 1.29 is 9.59 Å². The van der Waals surface area contributed by atoms with Gasteiger partial charge in [0.1, 0.15) is 6.54 Å². The molecular formula is C19H23N3O2. The van der Waals surface area contributed by atoms with Crippen LogP contribution in [0.4, 0.5) is 0 Å². The summed E-state index contributed by atoms with van der Waals surface area (Å²) >= 11 is 0. The van der Waals surface area contributed by atoms with Crippen LogP contribution in [0.1, 0.15) is 25.1 Å². The highest BCUT2D eigenvalue weighted by atomic mass is 16.2. The Hall–Kier alpha value is -2.69. The Balaban J connectivity index is 2.01. The molecule has 5 nitrogen and oxygen atoms in total. The molecule has 24 heavy (non-hydrogen) atoms. The second-order valence-corrected chi connectivity index (χ2v) is 5.59. The number of carbonyl (C=O) groups is 2. The SMILES string of the molecule is CCN(Cc1ccccc1)C(=O)CN(Cc1ccccn1)C(C)=O. The van der Waals surface area contributed by atoms with Crippen molar-refractivity contribution in [3.63, 3.8) is 0 Å². The summed E-state index contributed by atoms with van der Waals surface area (Å²) in [6.07, 6.45) is 1.68. The van der Waals surface area contributed by atoms with E-state index in [4.69, 9.17) is 0 Å². The number of aromatic nitrogens is 1. The van der Waals surface area contributed by atoms with Gasteiger partial charge in [0.25, 0.3) is 0 Å². The van der Waals surface area contributed by atoms with Gasteiger partial charge in [-0.1, -0.05) is 36.4 Å². The fraction of sp³-hybridized carbons (Fsp3) is 0.316. The zero-order chi connectivity index (χ0) is 17.4. The second-order valence-electron chi connectivity index (χ2n) is 5.59. The molecule has 0 saturated heterocycles. The van der Waals surface area contributed by atoms with Crippen LogP contribution in [0, 0.1) is 0 Å². The van der Waals surface area contributed by atoms with Crippen LogP contribution in [0.5, 0.6) is 0 Å². The van der Waals surface area contributed by atoms with Gasteiger partial charge in [-0.3, -0.25) is 14.6 Å². The molecule has 0 spiro atoms. The van der Waals surface area contributed by atoms with Crippen LogP contribution in [-0.2, 0) is 22.7 Å². The van der Waals surface area contributed by atoms with Crippen molar-refractivity contribution in [2.45, 2.75) is 26.9 Å². The highest BCUT2D eigenvalue weighted by Gasteiger charge is 2.19. The monoisotopic (exact) mass is 325 g/mol. The Morgan fingerprint density at radius 3 is 2.25 bits per heavy atom. The lowest BCUT2D eigenvalue weighted by Crippen LogP contribution is -2.41. The third-order valence-electron chi connectivity index (χ3n) is 3.80. The van der Waals surface area contributed by atoms with Crippen molar-refractivity contribution in [1.82, 2.24) is 14.8 Å². The van der Waals surface area contributed by atoms with Crippen molar-refractivity contribution in [3.8, 4) is 0 Å². The van der Waals surface area contributed by atoms with Crippen LogP contribution in [0.3, 0.4) is 0 Å². The minimum absolute atomic E-state index is 0.0621. The summed E-state index contributed by atoms with van der Waals surface area (Å²) in [5.41, 5.74) is 1.85. The first-order valence-corrected chi connectivity index (χ1v) is 8.07. The minimum atomic E-state index is -0.134. The molecule has 1 heterocycles. The standard InChI is InChI=1S/C19H23N3O2/c1-3-21(13-17-9-5-4-6-10-17)19(24)15-22(16(2)23)14-18-11-7-8-12-20-18/h4-12H,3,13-15H2,1-2H3. The van der Waals surface area contributed by atoms with Gasteiger partial charge in [0.2, 0.25) is 11.8 Å². The van der Waals surface area contributed by atoms with Gasteiger partial charge < -0.3 is 9.80 Å². The van der Waals surface area contributed by atoms with Crippen molar-refractivity contribution in [2.24, 2.45) is 0 Å². The van der Waals surface area contributed by atoms with Gasteiger partial charge in [-0.15, -0.1) is 0 Å². The number of rotatable bonds is 7. The van der Waals surface area contributed by atoms with Gasteiger partial charge in [0.05, 0.1) is 12.2 Å². The first kappa shape index (κ1) is 17.7. The molecule has 0 aliphatic rings. The van der Waals surface area contributed by atoms with E-state index in [-0.39, 0.29) is 18.4 Å². The van der Waals surface area contributed by atoms with E-state index in [0.29, 0.717) is 19.6 Å². The summed E-state index contributed by atoms with van der Waals surface area (Å²) in [6.45, 7) is 4.97. The van der Waals surface area contributed by atoms with E-state index in [1.54, 1.807) is 11.1 Å². The Labute approximate surface area is 142 Å². The summed E-state index contributed by atoms with van der Waals surface area (Å²) in [7, 11) is 0. The van der Waals surface area contributed by atoms with Gasteiger partial charge >= 0.3 is 0 Å². The van der Waals surface area contributed by atoms with E-state index in [1.165, 1.54) is 11.8 Å². The normalized spacial score (nSPS) is 10.2. The summed E-state index contributed by atoms with van der Waals surface area (Å²) in [5.74, 6) is -0.197. The number of amides is 2. The molecule has 2 amide bonds. The molecule has 2 aromatic rings. The Morgan fingerprint density at radius 1 is 0.958 bits per heavy atom. The number of pyridine rings is 1. The van der Waals surface area contributed by atoms with Gasteiger partial charge in [-0.05, 0) is 24.6 Å². The molecule has 5 heteroatoms. The van der Waals surface area contributed by atoms with Gasteiger partial charge in [-0.2, -0.15) is 0 Å².